The van der Waals surface area contributed by atoms with Crippen molar-refractivity contribution in [2.75, 3.05) is 4.72 Å². The molecule has 0 amide bonds. The highest BCUT2D eigenvalue weighted by atomic mass is 32.2. The number of aromatic nitrogens is 3. The van der Waals surface area contributed by atoms with Gasteiger partial charge >= 0.3 is 6.36 Å². The standard InChI is InChI=1S/C22H17F3N4O4S/c1-15-26-20(29-12-2-3-13-29)14-21(27-15)32-17-6-4-16(5-7-17)28-34(30,31)19-10-8-18(9-11-19)33-22(23,24)25/h2-14,28H,1H3. The SMILES string of the molecule is Cc1nc(Oc2ccc(NS(=O)(=O)c3ccc(OC(F)(F)F)cc3)cc2)cc(-n2cccc2)n1. The topological polar surface area (TPSA) is 95.3 Å². The second-order valence-electron chi connectivity index (χ2n) is 6.95. The highest BCUT2D eigenvalue weighted by Gasteiger charge is 2.31. The van der Waals surface area contributed by atoms with E-state index in [1.165, 1.54) is 12.1 Å². The minimum absolute atomic E-state index is 0.226. The zero-order valence-corrected chi connectivity index (χ0v) is 18.3. The minimum atomic E-state index is -4.86. The molecule has 0 aliphatic heterocycles. The van der Waals surface area contributed by atoms with Crippen LogP contribution in [-0.4, -0.2) is 29.3 Å². The third-order valence-corrected chi connectivity index (χ3v) is 5.76. The molecule has 0 saturated heterocycles. The third-order valence-electron chi connectivity index (χ3n) is 4.37. The van der Waals surface area contributed by atoms with Crippen molar-refractivity contribution in [2.45, 2.75) is 18.2 Å². The van der Waals surface area contributed by atoms with Crippen LogP contribution in [0.15, 0.2) is 84.0 Å². The smallest absolute Gasteiger partial charge is 0.439 e. The Morgan fingerprint density at radius 1 is 0.912 bits per heavy atom. The van der Waals surface area contributed by atoms with E-state index in [4.69, 9.17) is 4.74 Å². The van der Waals surface area contributed by atoms with E-state index in [0.29, 0.717) is 23.3 Å². The van der Waals surface area contributed by atoms with Gasteiger partial charge in [-0.1, -0.05) is 0 Å². The van der Waals surface area contributed by atoms with Gasteiger partial charge < -0.3 is 14.0 Å². The van der Waals surface area contributed by atoms with E-state index in [0.717, 1.165) is 24.3 Å². The Morgan fingerprint density at radius 3 is 2.15 bits per heavy atom. The molecule has 4 aromatic rings. The molecule has 34 heavy (non-hydrogen) atoms. The van der Waals surface area contributed by atoms with Crippen LogP contribution in [0, 0.1) is 6.92 Å². The summed E-state index contributed by atoms with van der Waals surface area (Å²) < 4.78 is 75.6. The number of hydrogen-bond donors (Lipinski definition) is 1. The Balaban J connectivity index is 1.45. The summed E-state index contributed by atoms with van der Waals surface area (Å²) in [6, 6.07) is 15.3. The molecule has 0 spiro atoms. The number of sulfonamides is 1. The Labute approximate surface area is 192 Å². The predicted octanol–water partition coefficient (Wildman–Crippen LogP) is 5.07. The second kappa shape index (κ2) is 9.06. The molecule has 176 valence electrons. The highest BCUT2D eigenvalue weighted by Crippen LogP contribution is 2.26. The number of aryl methyl sites for hydroxylation is 1. The van der Waals surface area contributed by atoms with E-state index in [1.807, 2.05) is 24.5 Å². The van der Waals surface area contributed by atoms with Crippen LogP contribution in [0.5, 0.6) is 17.4 Å². The van der Waals surface area contributed by atoms with Crippen molar-refractivity contribution in [1.29, 1.82) is 0 Å². The van der Waals surface area contributed by atoms with Gasteiger partial charge in [-0.15, -0.1) is 13.2 Å². The fourth-order valence-electron chi connectivity index (χ4n) is 2.94. The van der Waals surface area contributed by atoms with Crippen molar-refractivity contribution in [3.8, 4) is 23.2 Å². The molecule has 8 nitrogen and oxygen atoms in total. The molecule has 0 bridgehead atoms. The summed E-state index contributed by atoms with van der Waals surface area (Å²) in [5.41, 5.74) is 0.231. The van der Waals surface area contributed by atoms with Crippen molar-refractivity contribution in [3.63, 3.8) is 0 Å². The number of hydrogen-bond acceptors (Lipinski definition) is 6. The number of rotatable bonds is 7. The minimum Gasteiger partial charge on any atom is -0.439 e. The molecule has 1 N–H and O–H groups in total. The maximum Gasteiger partial charge on any atom is 0.573 e. The largest absolute Gasteiger partial charge is 0.573 e. The third kappa shape index (κ3) is 5.84. The first kappa shape index (κ1) is 23.1. The van der Waals surface area contributed by atoms with Crippen molar-refractivity contribution in [3.05, 3.63) is 84.9 Å². The van der Waals surface area contributed by atoms with Gasteiger partial charge in [-0.05, 0) is 67.6 Å². The van der Waals surface area contributed by atoms with E-state index in [-0.39, 0.29) is 10.6 Å². The second-order valence-corrected chi connectivity index (χ2v) is 8.64. The van der Waals surface area contributed by atoms with Crippen molar-refractivity contribution in [1.82, 2.24) is 14.5 Å². The monoisotopic (exact) mass is 490 g/mol. The van der Waals surface area contributed by atoms with Crippen LogP contribution in [0.2, 0.25) is 0 Å². The summed E-state index contributed by atoms with van der Waals surface area (Å²) in [7, 11) is -4.03. The number of nitrogens with zero attached hydrogens (tertiary/aromatic N) is 3. The van der Waals surface area contributed by atoms with Gasteiger partial charge in [-0.2, -0.15) is 4.98 Å². The highest BCUT2D eigenvalue weighted by molar-refractivity contribution is 7.92. The first-order valence-electron chi connectivity index (χ1n) is 9.73. The lowest BCUT2D eigenvalue weighted by Crippen LogP contribution is -2.17. The molecule has 0 unspecified atom stereocenters. The van der Waals surface area contributed by atoms with E-state index < -0.39 is 22.1 Å². The van der Waals surface area contributed by atoms with Crippen LogP contribution >= 0.6 is 0 Å². The number of ether oxygens (including phenoxy) is 2. The average molecular weight is 490 g/mol. The van der Waals surface area contributed by atoms with Gasteiger partial charge in [0.25, 0.3) is 10.0 Å². The fraction of sp³-hybridized carbons (Fsp3) is 0.0909. The molecule has 0 atom stereocenters. The fourth-order valence-corrected chi connectivity index (χ4v) is 4.00. The maximum absolute atomic E-state index is 12.5. The molecule has 2 aromatic heterocycles. The molecule has 0 aliphatic rings. The van der Waals surface area contributed by atoms with Crippen molar-refractivity contribution in [2.24, 2.45) is 0 Å². The Kier molecular flexibility index (Phi) is 6.16. The lowest BCUT2D eigenvalue weighted by Gasteiger charge is -2.12. The van der Waals surface area contributed by atoms with E-state index in [2.05, 4.69) is 19.4 Å². The molecular weight excluding hydrogens is 473 g/mol. The normalized spacial score (nSPS) is 11.8. The Hall–Kier alpha value is -4.06. The van der Waals surface area contributed by atoms with Gasteiger partial charge in [-0.3, -0.25) is 4.72 Å². The van der Waals surface area contributed by atoms with Crippen LogP contribution in [0.3, 0.4) is 0 Å². The van der Waals surface area contributed by atoms with Gasteiger partial charge in [0.1, 0.15) is 23.1 Å². The molecule has 0 aliphatic carbocycles. The van der Waals surface area contributed by atoms with Gasteiger partial charge in [0.2, 0.25) is 5.88 Å². The zero-order chi connectivity index (χ0) is 24.3. The summed E-state index contributed by atoms with van der Waals surface area (Å²) in [6.45, 7) is 1.74. The van der Waals surface area contributed by atoms with Gasteiger partial charge in [0.15, 0.2) is 0 Å². The number of halogens is 3. The van der Waals surface area contributed by atoms with Crippen LogP contribution in [0.1, 0.15) is 5.82 Å². The van der Waals surface area contributed by atoms with Crippen molar-refractivity contribution >= 4 is 15.7 Å². The molecule has 2 aromatic carbocycles. The molecule has 4 rings (SSSR count). The molecular formula is C22H17F3N4O4S. The summed E-state index contributed by atoms with van der Waals surface area (Å²) in [4.78, 5) is 8.38. The summed E-state index contributed by atoms with van der Waals surface area (Å²) in [5, 5.41) is 0. The van der Waals surface area contributed by atoms with Gasteiger partial charge in [0, 0.05) is 24.1 Å². The Morgan fingerprint density at radius 2 is 1.53 bits per heavy atom. The summed E-state index contributed by atoms with van der Waals surface area (Å²) in [5.74, 6) is 1.34. The van der Waals surface area contributed by atoms with Crippen LogP contribution in [0.4, 0.5) is 18.9 Å². The number of benzene rings is 2. The molecule has 0 radical (unpaired) electrons. The first-order chi connectivity index (χ1) is 16.1. The quantitative estimate of drug-likeness (QED) is 0.389. The number of nitrogens with one attached hydrogen (secondary N) is 1. The first-order valence-corrected chi connectivity index (χ1v) is 11.2. The molecule has 0 saturated carbocycles. The van der Waals surface area contributed by atoms with Gasteiger partial charge in [0.05, 0.1) is 4.90 Å². The zero-order valence-electron chi connectivity index (χ0n) is 17.5. The van der Waals surface area contributed by atoms with Crippen LogP contribution in [-0.2, 0) is 10.0 Å². The van der Waals surface area contributed by atoms with Gasteiger partial charge in [-0.25, -0.2) is 13.4 Å². The molecule has 0 fully saturated rings. The Bertz CT molecular complexity index is 1370. The van der Waals surface area contributed by atoms with E-state index in [1.54, 1.807) is 29.7 Å². The van der Waals surface area contributed by atoms with E-state index in [9.17, 15) is 21.6 Å². The summed E-state index contributed by atoms with van der Waals surface area (Å²) in [6.07, 6.45) is -1.19. The predicted molar refractivity (Wildman–Crippen MR) is 117 cm³/mol. The van der Waals surface area contributed by atoms with Crippen LogP contribution in [0.25, 0.3) is 5.82 Å². The average Bonchev–Trinajstić information content (AvgIpc) is 3.29. The number of anilines is 1. The molecule has 2 heterocycles. The lowest BCUT2D eigenvalue weighted by molar-refractivity contribution is -0.274. The maximum atomic E-state index is 12.5. The summed E-state index contributed by atoms with van der Waals surface area (Å²) >= 11 is 0. The lowest BCUT2D eigenvalue weighted by atomic mass is 10.3. The molecule has 12 heteroatoms. The van der Waals surface area contributed by atoms with Crippen molar-refractivity contribution < 1.29 is 31.1 Å². The number of alkyl halides is 3. The van der Waals surface area contributed by atoms with E-state index >= 15 is 0 Å². The van der Waals surface area contributed by atoms with Crippen LogP contribution < -0.4 is 14.2 Å².